The zero-order valence-electron chi connectivity index (χ0n) is 11.8. The highest BCUT2D eigenvalue weighted by molar-refractivity contribution is 5.73. The minimum Gasteiger partial charge on any atom is -0.497 e. The van der Waals surface area contributed by atoms with E-state index < -0.39 is 0 Å². The molecule has 0 amide bonds. The number of hydrogen-bond acceptors (Lipinski definition) is 5. The van der Waals surface area contributed by atoms with Crippen LogP contribution in [0.4, 0.5) is 5.69 Å². The number of hydrogen-bond donors (Lipinski definition) is 1. The molecule has 0 radical (unpaired) electrons. The van der Waals surface area contributed by atoms with Gasteiger partial charge >= 0.3 is 0 Å². The number of anilines is 1. The summed E-state index contributed by atoms with van der Waals surface area (Å²) in [5, 5.41) is 12.2. The van der Waals surface area contributed by atoms with E-state index in [1.54, 1.807) is 7.11 Å². The van der Waals surface area contributed by atoms with Crippen LogP contribution in [-0.4, -0.2) is 27.3 Å². The number of nitrogens with zero attached hydrogens (tertiary/aromatic N) is 4. The molecule has 2 unspecified atom stereocenters. The largest absolute Gasteiger partial charge is 0.497 e. The highest BCUT2D eigenvalue weighted by Gasteiger charge is 2.27. The van der Waals surface area contributed by atoms with Gasteiger partial charge in [0.05, 0.1) is 13.2 Å². The van der Waals surface area contributed by atoms with Crippen LogP contribution in [0.2, 0.25) is 0 Å². The lowest BCUT2D eigenvalue weighted by molar-refractivity contribution is 0.414. The monoisotopic (exact) mass is 273 g/mol. The van der Waals surface area contributed by atoms with Crippen LogP contribution in [0.15, 0.2) is 18.2 Å². The van der Waals surface area contributed by atoms with Crippen LogP contribution >= 0.6 is 0 Å². The number of ether oxygens (including phenoxy) is 1. The molecule has 0 saturated heterocycles. The number of rotatable bonds is 3. The van der Waals surface area contributed by atoms with E-state index in [0.717, 1.165) is 35.9 Å². The summed E-state index contributed by atoms with van der Waals surface area (Å²) in [7, 11) is 1.64. The average Bonchev–Trinajstić information content (AvgIpc) is 3.07. The van der Waals surface area contributed by atoms with Crippen molar-refractivity contribution in [3.8, 4) is 17.1 Å². The Kier molecular flexibility index (Phi) is 3.30. The summed E-state index contributed by atoms with van der Waals surface area (Å²) in [4.78, 5) is 0. The van der Waals surface area contributed by atoms with Gasteiger partial charge in [-0.15, -0.1) is 5.10 Å². The Labute approximate surface area is 117 Å². The highest BCUT2D eigenvalue weighted by atomic mass is 16.5. The molecule has 20 heavy (non-hydrogen) atoms. The normalized spacial score (nSPS) is 22.1. The molecule has 2 N–H and O–H groups in total. The van der Waals surface area contributed by atoms with Gasteiger partial charge in [-0.3, -0.25) is 0 Å². The summed E-state index contributed by atoms with van der Waals surface area (Å²) in [5.41, 5.74) is 7.55. The minimum atomic E-state index is 0.362. The summed E-state index contributed by atoms with van der Waals surface area (Å²) in [6, 6.07) is 5.91. The van der Waals surface area contributed by atoms with Crippen LogP contribution < -0.4 is 10.5 Å². The zero-order valence-corrected chi connectivity index (χ0v) is 11.8. The molecular weight excluding hydrogens is 254 g/mol. The first-order valence-electron chi connectivity index (χ1n) is 6.90. The molecule has 0 aliphatic heterocycles. The fourth-order valence-electron chi connectivity index (χ4n) is 2.87. The summed E-state index contributed by atoms with van der Waals surface area (Å²) < 4.78 is 7.17. The van der Waals surface area contributed by atoms with Crippen molar-refractivity contribution in [3.63, 3.8) is 0 Å². The lowest BCUT2D eigenvalue weighted by Crippen LogP contribution is -2.10. The molecule has 6 nitrogen and oxygen atoms in total. The Morgan fingerprint density at radius 3 is 2.90 bits per heavy atom. The molecule has 1 aliphatic carbocycles. The van der Waals surface area contributed by atoms with Gasteiger partial charge in [0.15, 0.2) is 5.82 Å². The van der Waals surface area contributed by atoms with E-state index in [9.17, 15) is 0 Å². The summed E-state index contributed by atoms with van der Waals surface area (Å²) in [5.74, 6) is 2.20. The van der Waals surface area contributed by atoms with Gasteiger partial charge in [-0.1, -0.05) is 6.92 Å². The van der Waals surface area contributed by atoms with Crippen LogP contribution in [0.25, 0.3) is 11.4 Å². The second-order valence-electron chi connectivity index (χ2n) is 5.47. The van der Waals surface area contributed by atoms with E-state index in [-0.39, 0.29) is 0 Å². The Morgan fingerprint density at radius 2 is 2.20 bits per heavy atom. The first-order chi connectivity index (χ1) is 9.69. The van der Waals surface area contributed by atoms with E-state index in [0.29, 0.717) is 11.7 Å². The third kappa shape index (κ3) is 2.21. The smallest absolute Gasteiger partial charge is 0.184 e. The van der Waals surface area contributed by atoms with Crippen molar-refractivity contribution in [2.75, 3.05) is 12.8 Å². The number of aromatic nitrogens is 4. The number of nitrogen functional groups attached to an aromatic ring is 1. The lowest BCUT2D eigenvalue weighted by Gasteiger charge is -2.13. The Morgan fingerprint density at radius 1 is 1.35 bits per heavy atom. The number of tetrazole rings is 1. The molecule has 0 bridgehead atoms. The Bertz CT molecular complexity index is 609. The van der Waals surface area contributed by atoms with Crippen molar-refractivity contribution >= 4 is 5.69 Å². The van der Waals surface area contributed by atoms with Crippen LogP contribution in [0.3, 0.4) is 0 Å². The maximum absolute atomic E-state index is 6.07. The lowest BCUT2D eigenvalue weighted by atomic mass is 10.1. The van der Waals surface area contributed by atoms with E-state index in [2.05, 4.69) is 22.4 Å². The van der Waals surface area contributed by atoms with Gasteiger partial charge in [0.2, 0.25) is 0 Å². The Balaban J connectivity index is 2.01. The molecule has 1 aromatic heterocycles. The molecule has 2 atom stereocenters. The van der Waals surface area contributed by atoms with E-state index in [1.165, 1.54) is 6.42 Å². The summed E-state index contributed by atoms with van der Waals surface area (Å²) >= 11 is 0. The van der Waals surface area contributed by atoms with E-state index >= 15 is 0 Å². The molecule has 6 heteroatoms. The third-order valence-corrected chi connectivity index (χ3v) is 4.01. The van der Waals surface area contributed by atoms with Gasteiger partial charge in [0.1, 0.15) is 5.75 Å². The fraction of sp³-hybridized carbons (Fsp3) is 0.500. The molecule has 106 valence electrons. The standard InChI is InChI=1S/C14H19N5O/c1-9-3-4-10(7-9)19-14(16-17-18-19)12-8-11(20-2)5-6-13(12)15/h5-6,8-10H,3-4,7,15H2,1-2H3. The molecular formula is C14H19N5O. The van der Waals surface area contributed by atoms with E-state index in [1.807, 2.05) is 22.9 Å². The van der Waals surface area contributed by atoms with Gasteiger partial charge in [-0.25, -0.2) is 4.68 Å². The number of methoxy groups -OCH3 is 1. The second-order valence-corrected chi connectivity index (χ2v) is 5.47. The molecule has 0 spiro atoms. The average molecular weight is 273 g/mol. The Hall–Kier alpha value is -2.11. The van der Waals surface area contributed by atoms with Crippen LogP contribution in [0.5, 0.6) is 5.75 Å². The predicted octanol–water partition coefficient (Wildman–Crippen LogP) is 2.29. The fourth-order valence-corrected chi connectivity index (χ4v) is 2.87. The van der Waals surface area contributed by atoms with Crippen molar-refractivity contribution in [3.05, 3.63) is 18.2 Å². The summed E-state index contributed by atoms with van der Waals surface area (Å²) in [6.07, 6.45) is 3.45. The van der Waals surface area contributed by atoms with Crippen molar-refractivity contribution < 1.29 is 4.74 Å². The zero-order chi connectivity index (χ0) is 14.1. The maximum Gasteiger partial charge on any atom is 0.184 e. The van der Waals surface area contributed by atoms with Gasteiger partial charge in [-0.05, 0) is 53.8 Å². The van der Waals surface area contributed by atoms with Gasteiger partial charge in [0, 0.05) is 11.3 Å². The van der Waals surface area contributed by atoms with E-state index in [4.69, 9.17) is 10.5 Å². The van der Waals surface area contributed by atoms with Crippen LogP contribution in [0, 0.1) is 5.92 Å². The van der Waals surface area contributed by atoms with Gasteiger partial charge in [-0.2, -0.15) is 0 Å². The first-order valence-corrected chi connectivity index (χ1v) is 6.90. The highest BCUT2D eigenvalue weighted by Crippen LogP contribution is 2.37. The van der Waals surface area contributed by atoms with Crippen LogP contribution in [-0.2, 0) is 0 Å². The molecule has 1 aromatic carbocycles. The molecule has 2 aromatic rings. The van der Waals surface area contributed by atoms with Gasteiger partial charge < -0.3 is 10.5 Å². The van der Waals surface area contributed by atoms with Crippen molar-refractivity contribution in [2.45, 2.75) is 32.2 Å². The second kappa shape index (κ2) is 5.11. The molecule has 1 fully saturated rings. The first kappa shape index (κ1) is 12.9. The SMILES string of the molecule is COc1ccc(N)c(-c2nnnn2C2CCC(C)C2)c1. The van der Waals surface area contributed by atoms with Crippen LogP contribution in [0.1, 0.15) is 32.2 Å². The van der Waals surface area contributed by atoms with Gasteiger partial charge in [0.25, 0.3) is 0 Å². The molecule has 1 heterocycles. The van der Waals surface area contributed by atoms with Crippen molar-refractivity contribution in [1.82, 2.24) is 20.2 Å². The molecule has 1 aliphatic rings. The topological polar surface area (TPSA) is 78.8 Å². The van der Waals surface area contributed by atoms with Crippen molar-refractivity contribution in [2.24, 2.45) is 5.92 Å². The number of nitrogens with two attached hydrogens (primary N) is 1. The maximum atomic E-state index is 6.07. The number of benzene rings is 1. The molecule has 1 saturated carbocycles. The summed E-state index contributed by atoms with van der Waals surface area (Å²) in [6.45, 7) is 2.27. The quantitative estimate of drug-likeness (QED) is 0.868. The third-order valence-electron chi connectivity index (χ3n) is 4.01. The van der Waals surface area contributed by atoms with Crippen molar-refractivity contribution in [1.29, 1.82) is 0 Å². The predicted molar refractivity (Wildman–Crippen MR) is 76.3 cm³/mol. The molecule has 3 rings (SSSR count). The minimum absolute atomic E-state index is 0.362.